The van der Waals surface area contributed by atoms with Crippen LogP contribution in [0.4, 0.5) is 14.5 Å². The third kappa shape index (κ3) is 4.27. The van der Waals surface area contributed by atoms with Gasteiger partial charge in [0, 0.05) is 19.1 Å². The largest absolute Gasteiger partial charge is 0.465 e. The van der Waals surface area contributed by atoms with Gasteiger partial charge in [0.05, 0.1) is 18.4 Å². The van der Waals surface area contributed by atoms with Crippen LogP contribution in [-0.4, -0.2) is 30.7 Å². The molecule has 0 saturated heterocycles. The molecule has 0 aliphatic carbocycles. The highest BCUT2D eigenvalue weighted by molar-refractivity contribution is 5.94. The molecule has 20 heavy (non-hydrogen) atoms. The van der Waals surface area contributed by atoms with Crippen LogP contribution in [0.5, 0.6) is 0 Å². The normalized spacial score (nSPS) is 10.2. The monoisotopic (exact) mass is 287 g/mol. The molecule has 1 aromatic rings. The number of hydrogen-bond donors (Lipinski definition) is 2. The molecule has 2 N–H and O–H groups in total. The molecule has 0 aliphatic heterocycles. The Morgan fingerprint density at radius 2 is 1.95 bits per heavy atom. The number of amides is 1. The molecule has 0 spiro atoms. The highest BCUT2D eigenvalue weighted by Crippen LogP contribution is 2.20. The number of carbonyl (C=O) groups is 2. The molecule has 0 unspecified atom stereocenters. The number of benzene rings is 1. The smallest absolute Gasteiger partial charge is 0.340 e. The molecule has 0 aromatic heterocycles. The molecule has 7 heteroatoms. The van der Waals surface area contributed by atoms with Crippen LogP contribution < -0.4 is 5.32 Å². The van der Waals surface area contributed by atoms with Gasteiger partial charge in [-0.3, -0.25) is 4.79 Å². The first-order chi connectivity index (χ1) is 9.49. The lowest BCUT2D eigenvalue weighted by Crippen LogP contribution is -2.14. The van der Waals surface area contributed by atoms with Crippen molar-refractivity contribution in [3.8, 4) is 0 Å². The minimum atomic E-state index is -1.06. The average Bonchev–Trinajstić information content (AvgIpc) is 2.41. The van der Waals surface area contributed by atoms with Gasteiger partial charge in [0.1, 0.15) is 11.6 Å². The summed E-state index contributed by atoms with van der Waals surface area (Å²) in [4.78, 5) is 22.8. The Bertz CT molecular complexity index is 505. The van der Waals surface area contributed by atoms with Crippen molar-refractivity contribution in [3.05, 3.63) is 29.3 Å². The van der Waals surface area contributed by atoms with E-state index in [-0.39, 0.29) is 18.7 Å². The summed E-state index contributed by atoms with van der Waals surface area (Å²) in [5.41, 5.74) is -0.750. The number of aliphatic hydroxyl groups is 1. The van der Waals surface area contributed by atoms with E-state index in [0.29, 0.717) is 18.9 Å². The molecule has 0 atom stereocenters. The minimum Gasteiger partial charge on any atom is -0.465 e. The Balaban J connectivity index is 2.84. The summed E-state index contributed by atoms with van der Waals surface area (Å²) in [6.07, 6.45) is 0.979. The molecule has 110 valence electrons. The van der Waals surface area contributed by atoms with E-state index in [0.717, 1.165) is 13.2 Å². The second kappa shape index (κ2) is 7.54. The molecular formula is C13H15F2NO4. The quantitative estimate of drug-likeness (QED) is 0.618. The van der Waals surface area contributed by atoms with Gasteiger partial charge in [0.15, 0.2) is 0 Å². The van der Waals surface area contributed by atoms with Crippen LogP contribution in [0.15, 0.2) is 12.1 Å². The number of nitrogens with one attached hydrogen (secondary N) is 1. The Morgan fingerprint density at radius 1 is 1.25 bits per heavy atom. The summed E-state index contributed by atoms with van der Waals surface area (Å²) in [5, 5.41) is 10.8. The van der Waals surface area contributed by atoms with Crippen LogP contribution in [0.3, 0.4) is 0 Å². The van der Waals surface area contributed by atoms with Crippen LogP contribution in [0.1, 0.15) is 29.6 Å². The summed E-state index contributed by atoms with van der Waals surface area (Å²) in [6, 6.07) is 1.40. The van der Waals surface area contributed by atoms with E-state index >= 15 is 0 Å². The fraction of sp³-hybridized carbons (Fsp3) is 0.385. The minimum absolute atomic E-state index is 0.0370. The number of esters is 1. The maximum absolute atomic E-state index is 13.5. The molecule has 0 aliphatic rings. The highest BCUT2D eigenvalue weighted by atomic mass is 19.1. The van der Waals surface area contributed by atoms with Crippen molar-refractivity contribution in [2.75, 3.05) is 19.0 Å². The van der Waals surface area contributed by atoms with E-state index in [1.807, 2.05) is 0 Å². The van der Waals surface area contributed by atoms with Gasteiger partial charge in [-0.1, -0.05) is 0 Å². The van der Waals surface area contributed by atoms with Gasteiger partial charge < -0.3 is 15.2 Å². The van der Waals surface area contributed by atoms with Gasteiger partial charge >= 0.3 is 5.97 Å². The van der Waals surface area contributed by atoms with E-state index in [9.17, 15) is 18.4 Å². The lowest BCUT2D eigenvalue weighted by Gasteiger charge is -2.09. The Hall–Kier alpha value is -2.02. The van der Waals surface area contributed by atoms with Crippen LogP contribution in [0, 0.1) is 11.6 Å². The van der Waals surface area contributed by atoms with Crippen LogP contribution >= 0.6 is 0 Å². The summed E-state index contributed by atoms with van der Waals surface area (Å²) >= 11 is 0. The molecule has 1 amide bonds. The Labute approximate surface area is 114 Å². The molecule has 0 heterocycles. The first-order valence-electron chi connectivity index (χ1n) is 5.97. The molecule has 1 aromatic carbocycles. The summed E-state index contributed by atoms with van der Waals surface area (Å²) in [6.45, 7) is -0.0370. The second-order valence-electron chi connectivity index (χ2n) is 4.03. The van der Waals surface area contributed by atoms with Crippen LogP contribution in [0.25, 0.3) is 0 Å². The molecule has 0 bridgehead atoms. The van der Waals surface area contributed by atoms with Crippen molar-refractivity contribution in [2.24, 2.45) is 0 Å². The third-order valence-electron chi connectivity index (χ3n) is 2.55. The van der Waals surface area contributed by atoms with Crippen molar-refractivity contribution >= 4 is 17.6 Å². The fourth-order valence-electron chi connectivity index (χ4n) is 1.52. The van der Waals surface area contributed by atoms with Crippen LogP contribution in [-0.2, 0) is 9.53 Å². The maximum Gasteiger partial charge on any atom is 0.340 e. The van der Waals surface area contributed by atoms with E-state index in [2.05, 4.69) is 10.1 Å². The van der Waals surface area contributed by atoms with E-state index < -0.39 is 29.1 Å². The lowest BCUT2D eigenvalue weighted by atomic mass is 10.1. The standard InChI is InChI=1S/C13H15F2NO4/c1-20-13(19)8-6-11(10(15)7-9(8)14)16-12(18)4-2-3-5-17/h6-7,17H,2-5H2,1H3,(H,16,18). The number of carbonyl (C=O) groups excluding carboxylic acids is 2. The van der Waals surface area contributed by atoms with Crippen molar-refractivity contribution in [1.29, 1.82) is 0 Å². The number of hydrogen-bond acceptors (Lipinski definition) is 4. The number of anilines is 1. The Morgan fingerprint density at radius 3 is 2.55 bits per heavy atom. The van der Waals surface area contributed by atoms with E-state index in [4.69, 9.17) is 5.11 Å². The summed E-state index contributed by atoms with van der Waals surface area (Å²) in [7, 11) is 1.07. The number of unbranched alkanes of at least 4 members (excludes halogenated alkanes) is 1. The summed E-state index contributed by atoms with van der Waals surface area (Å²) in [5.74, 6) is -3.49. The van der Waals surface area contributed by atoms with Crippen molar-refractivity contribution in [2.45, 2.75) is 19.3 Å². The number of aliphatic hydroxyl groups excluding tert-OH is 1. The van der Waals surface area contributed by atoms with Crippen molar-refractivity contribution < 1.29 is 28.2 Å². The first-order valence-corrected chi connectivity index (χ1v) is 5.97. The number of halogens is 2. The zero-order valence-corrected chi connectivity index (χ0v) is 10.9. The second-order valence-corrected chi connectivity index (χ2v) is 4.03. The predicted molar refractivity (Wildman–Crippen MR) is 67.3 cm³/mol. The zero-order chi connectivity index (χ0) is 15.1. The van der Waals surface area contributed by atoms with Gasteiger partial charge in [-0.2, -0.15) is 0 Å². The van der Waals surface area contributed by atoms with Gasteiger partial charge in [0.25, 0.3) is 0 Å². The highest BCUT2D eigenvalue weighted by Gasteiger charge is 2.17. The van der Waals surface area contributed by atoms with Crippen LogP contribution in [0.2, 0.25) is 0 Å². The predicted octanol–water partition coefficient (Wildman–Crippen LogP) is 1.85. The third-order valence-corrected chi connectivity index (χ3v) is 2.55. The summed E-state index contributed by atoms with van der Waals surface area (Å²) < 4.78 is 31.2. The Kier molecular flexibility index (Phi) is 6.05. The fourth-order valence-corrected chi connectivity index (χ4v) is 1.52. The lowest BCUT2D eigenvalue weighted by molar-refractivity contribution is -0.116. The van der Waals surface area contributed by atoms with Gasteiger partial charge in [-0.25, -0.2) is 13.6 Å². The number of ether oxygens (including phenoxy) is 1. The van der Waals surface area contributed by atoms with Gasteiger partial charge in [-0.15, -0.1) is 0 Å². The maximum atomic E-state index is 13.5. The SMILES string of the molecule is COC(=O)c1cc(NC(=O)CCCCO)c(F)cc1F. The topological polar surface area (TPSA) is 75.6 Å². The molecule has 0 radical (unpaired) electrons. The van der Waals surface area contributed by atoms with Gasteiger partial charge in [0.2, 0.25) is 5.91 Å². The van der Waals surface area contributed by atoms with Gasteiger partial charge in [-0.05, 0) is 18.9 Å². The van der Waals surface area contributed by atoms with Crippen molar-refractivity contribution in [1.82, 2.24) is 0 Å². The molecule has 5 nitrogen and oxygen atoms in total. The molecular weight excluding hydrogens is 272 g/mol. The number of rotatable bonds is 6. The van der Waals surface area contributed by atoms with E-state index in [1.165, 1.54) is 0 Å². The average molecular weight is 287 g/mol. The number of methoxy groups -OCH3 is 1. The van der Waals surface area contributed by atoms with Crippen molar-refractivity contribution in [3.63, 3.8) is 0 Å². The first kappa shape index (κ1) is 16.0. The zero-order valence-electron chi connectivity index (χ0n) is 10.9. The molecule has 0 fully saturated rings. The molecule has 0 saturated carbocycles. The van der Waals surface area contributed by atoms with E-state index in [1.54, 1.807) is 0 Å². The molecule has 1 rings (SSSR count).